The molecule has 1 saturated carbocycles. The number of hydrogen-bond acceptors (Lipinski definition) is 2. The largest absolute Gasteiger partial charge is 0.353 e. The maximum absolute atomic E-state index is 13.1. The van der Waals surface area contributed by atoms with Gasteiger partial charge in [-0.15, -0.1) is 0 Å². The van der Waals surface area contributed by atoms with Gasteiger partial charge in [0.15, 0.2) is 0 Å². The molecule has 146 valence electrons. The van der Waals surface area contributed by atoms with Crippen LogP contribution in [0.2, 0.25) is 0 Å². The summed E-state index contributed by atoms with van der Waals surface area (Å²) in [6.45, 7) is 0. The first-order chi connectivity index (χ1) is 14.2. The third kappa shape index (κ3) is 5.11. The van der Waals surface area contributed by atoms with Crippen molar-refractivity contribution in [1.82, 2.24) is 5.32 Å². The molecule has 0 radical (unpaired) electrons. The number of nitrogens with one attached hydrogen (secondary N) is 2. The topological polar surface area (TPSA) is 58.2 Å². The number of carbonyl (C=O) groups is 2. The Morgan fingerprint density at radius 3 is 1.86 bits per heavy atom. The van der Waals surface area contributed by atoms with Crippen molar-refractivity contribution in [2.45, 2.75) is 31.2 Å². The Labute approximate surface area is 171 Å². The molecule has 2 amide bonds. The molecule has 1 aliphatic carbocycles. The van der Waals surface area contributed by atoms with E-state index in [1.807, 2.05) is 84.9 Å². The second-order valence-corrected chi connectivity index (χ2v) is 7.46. The highest BCUT2D eigenvalue weighted by Crippen LogP contribution is 2.26. The molecule has 4 nitrogen and oxygen atoms in total. The van der Waals surface area contributed by atoms with Gasteiger partial charge in [-0.2, -0.15) is 0 Å². The van der Waals surface area contributed by atoms with Crippen LogP contribution >= 0.6 is 0 Å². The highest BCUT2D eigenvalue weighted by molar-refractivity contribution is 5.98. The zero-order valence-electron chi connectivity index (χ0n) is 16.2. The third-order valence-corrected chi connectivity index (χ3v) is 5.06. The predicted molar refractivity (Wildman–Crippen MR) is 115 cm³/mol. The lowest BCUT2D eigenvalue weighted by molar-refractivity contribution is -0.120. The Bertz CT molecular complexity index is 925. The molecule has 1 aliphatic rings. The van der Waals surface area contributed by atoms with Crippen LogP contribution in [-0.4, -0.2) is 17.9 Å². The van der Waals surface area contributed by atoms with Gasteiger partial charge in [0.25, 0.3) is 0 Å². The van der Waals surface area contributed by atoms with E-state index in [0.29, 0.717) is 12.5 Å². The van der Waals surface area contributed by atoms with Crippen molar-refractivity contribution in [3.8, 4) is 0 Å². The van der Waals surface area contributed by atoms with Crippen LogP contribution in [0.15, 0.2) is 84.9 Å². The number of anilines is 1. The molecule has 0 bridgehead atoms. The van der Waals surface area contributed by atoms with E-state index in [2.05, 4.69) is 10.6 Å². The standard InChI is InChI=1S/C25H24N2O2/c28-23(26-21-15-16-21)17-18-11-13-22(14-12-18)27-25(29)24(19-7-3-1-4-8-19)20-9-5-2-6-10-20/h1-14,21,24H,15-17H2,(H,26,28)(H,27,29). The molecule has 0 atom stereocenters. The van der Waals surface area contributed by atoms with E-state index in [4.69, 9.17) is 0 Å². The average Bonchev–Trinajstić information content (AvgIpc) is 3.55. The van der Waals surface area contributed by atoms with Gasteiger partial charge in [0.2, 0.25) is 11.8 Å². The molecule has 0 aliphatic heterocycles. The van der Waals surface area contributed by atoms with E-state index in [0.717, 1.165) is 35.2 Å². The fourth-order valence-corrected chi connectivity index (χ4v) is 3.40. The van der Waals surface area contributed by atoms with Gasteiger partial charge in [-0.3, -0.25) is 9.59 Å². The number of carbonyl (C=O) groups excluding carboxylic acids is 2. The Kier molecular flexibility index (Phi) is 5.71. The zero-order chi connectivity index (χ0) is 20.1. The number of rotatable bonds is 7. The van der Waals surface area contributed by atoms with Crippen LogP contribution in [0.4, 0.5) is 5.69 Å². The summed E-state index contributed by atoms with van der Waals surface area (Å²) in [6.07, 6.45) is 2.53. The Balaban J connectivity index is 1.46. The highest BCUT2D eigenvalue weighted by atomic mass is 16.2. The molecule has 4 heteroatoms. The van der Waals surface area contributed by atoms with Gasteiger partial charge in [0.1, 0.15) is 0 Å². The molecule has 0 saturated heterocycles. The average molecular weight is 384 g/mol. The molecule has 4 rings (SSSR count). The third-order valence-electron chi connectivity index (χ3n) is 5.06. The van der Waals surface area contributed by atoms with Gasteiger partial charge in [-0.05, 0) is 41.7 Å². The van der Waals surface area contributed by atoms with Gasteiger partial charge < -0.3 is 10.6 Å². The minimum absolute atomic E-state index is 0.0532. The Hall–Kier alpha value is -3.40. The van der Waals surface area contributed by atoms with Gasteiger partial charge in [0.05, 0.1) is 12.3 Å². The summed E-state index contributed by atoms with van der Waals surface area (Å²) in [5, 5.41) is 6.01. The molecule has 0 heterocycles. The summed E-state index contributed by atoms with van der Waals surface area (Å²) in [6, 6.07) is 27.4. The predicted octanol–water partition coefficient (Wildman–Crippen LogP) is 4.28. The molecule has 0 aromatic heterocycles. The zero-order valence-corrected chi connectivity index (χ0v) is 16.2. The van der Waals surface area contributed by atoms with E-state index in [-0.39, 0.29) is 17.7 Å². The first-order valence-electron chi connectivity index (χ1n) is 9.98. The van der Waals surface area contributed by atoms with E-state index in [1.165, 1.54) is 0 Å². The van der Waals surface area contributed by atoms with Crippen molar-refractivity contribution < 1.29 is 9.59 Å². The normalized spacial score (nSPS) is 13.1. The molecule has 29 heavy (non-hydrogen) atoms. The lowest BCUT2D eigenvalue weighted by atomic mass is 9.90. The van der Waals surface area contributed by atoms with Crippen molar-refractivity contribution in [3.63, 3.8) is 0 Å². The molecular formula is C25H24N2O2. The van der Waals surface area contributed by atoms with Crippen molar-refractivity contribution in [2.75, 3.05) is 5.32 Å². The lowest BCUT2D eigenvalue weighted by Crippen LogP contribution is -2.27. The second-order valence-electron chi connectivity index (χ2n) is 7.46. The van der Waals surface area contributed by atoms with Crippen molar-refractivity contribution in [1.29, 1.82) is 0 Å². The van der Waals surface area contributed by atoms with Crippen molar-refractivity contribution in [3.05, 3.63) is 102 Å². The first-order valence-corrected chi connectivity index (χ1v) is 9.98. The molecule has 3 aromatic carbocycles. The monoisotopic (exact) mass is 384 g/mol. The van der Waals surface area contributed by atoms with Crippen LogP contribution in [0, 0.1) is 0 Å². The van der Waals surface area contributed by atoms with E-state index < -0.39 is 0 Å². The van der Waals surface area contributed by atoms with E-state index in [1.54, 1.807) is 0 Å². The lowest BCUT2D eigenvalue weighted by Gasteiger charge is -2.18. The molecule has 2 N–H and O–H groups in total. The van der Waals surface area contributed by atoms with Gasteiger partial charge in [-0.1, -0.05) is 72.8 Å². The van der Waals surface area contributed by atoms with Crippen LogP contribution in [0.25, 0.3) is 0 Å². The smallest absolute Gasteiger partial charge is 0.236 e. The summed E-state index contributed by atoms with van der Waals surface area (Å²) < 4.78 is 0. The van der Waals surface area contributed by atoms with Crippen LogP contribution in [0.3, 0.4) is 0 Å². The molecular weight excluding hydrogens is 360 g/mol. The number of hydrogen-bond donors (Lipinski definition) is 2. The fraction of sp³-hybridized carbons (Fsp3) is 0.200. The van der Waals surface area contributed by atoms with Crippen molar-refractivity contribution >= 4 is 17.5 Å². The fourth-order valence-electron chi connectivity index (χ4n) is 3.40. The minimum atomic E-state index is -0.388. The summed E-state index contributed by atoms with van der Waals surface area (Å²) >= 11 is 0. The van der Waals surface area contributed by atoms with Gasteiger partial charge in [-0.25, -0.2) is 0 Å². The summed E-state index contributed by atoms with van der Waals surface area (Å²) in [5.74, 6) is -0.416. The van der Waals surface area contributed by atoms with E-state index >= 15 is 0 Å². The Morgan fingerprint density at radius 1 is 0.793 bits per heavy atom. The second kappa shape index (κ2) is 8.74. The van der Waals surface area contributed by atoms with Crippen LogP contribution in [0.5, 0.6) is 0 Å². The van der Waals surface area contributed by atoms with Gasteiger partial charge in [0, 0.05) is 11.7 Å². The maximum Gasteiger partial charge on any atom is 0.236 e. The number of benzene rings is 3. The van der Waals surface area contributed by atoms with Crippen molar-refractivity contribution in [2.24, 2.45) is 0 Å². The SMILES string of the molecule is O=C(Cc1ccc(NC(=O)C(c2ccccc2)c2ccccc2)cc1)NC1CC1. The summed E-state index contributed by atoms with van der Waals surface area (Å²) in [7, 11) is 0. The first kappa shape index (κ1) is 18.9. The molecule has 0 spiro atoms. The molecule has 0 unspecified atom stereocenters. The summed E-state index contributed by atoms with van der Waals surface area (Å²) in [4.78, 5) is 25.1. The van der Waals surface area contributed by atoms with Crippen LogP contribution < -0.4 is 10.6 Å². The van der Waals surface area contributed by atoms with E-state index in [9.17, 15) is 9.59 Å². The minimum Gasteiger partial charge on any atom is -0.353 e. The maximum atomic E-state index is 13.1. The van der Waals surface area contributed by atoms with Crippen LogP contribution in [0.1, 0.15) is 35.4 Å². The quantitative estimate of drug-likeness (QED) is 0.639. The Morgan fingerprint density at radius 2 is 1.34 bits per heavy atom. The molecule has 1 fully saturated rings. The van der Waals surface area contributed by atoms with Gasteiger partial charge >= 0.3 is 0 Å². The number of amides is 2. The van der Waals surface area contributed by atoms with Crippen LogP contribution in [-0.2, 0) is 16.0 Å². The molecule has 3 aromatic rings. The summed E-state index contributed by atoms with van der Waals surface area (Å²) in [5.41, 5.74) is 3.55. The highest BCUT2D eigenvalue weighted by Gasteiger charge is 2.24.